The smallest absolute Gasteiger partial charge is 0.242 e. The first kappa shape index (κ1) is 11.4. The fourth-order valence-electron chi connectivity index (χ4n) is 1.60. The second-order valence-electron chi connectivity index (χ2n) is 3.62. The number of nitrogens with one attached hydrogen (secondary N) is 1. The maximum absolute atomic E-state index is 11.6. The van der Waals surface area contributed by atoms with Crippen LogP contribution in [0.4, 0.5) is 0 Å². The Morgan fingerprint density at radius 3 is 2.94 bits per heavy atom. The Bertz CT molecular complexity index is 432. The van der Waals surface area contributed by atoms with Gasteiger partial charge in [0.1, 0.15) is 6.04 Å². The lowest BCUT2D eigenvalue weighted by atomic mass is 10.2. The lowest BCUT2D eigenvalue weighted by Crippen LogP contribution is -2.56. The van der Waals surface area contributed by atoms with Crippen molar-refractivity contribution in [1.29, 1.82) is 0 Å². The zero-order chi connectivity index (χ0) is 11.7. The number of thiophene rings is 1. The molecule has 1 aromatic heterocycles. The lowest BCUT2D eigenvalue weighted by Gasteiger charge is -2.32. The Morgan fingerprint density at radius 1 is 1.56 bits per heavy atom. The van der Waals surface area contributed by atoms with Crippen LogP contribution in [0.25, 0.3) is 0 Å². The van der Waals surface area contributed by atoms with Crippen LogP contribution in [0, 0.1) is 0 Å². The average molecular weight is 259 g/mol. The molecule has 0 radical (unpaired) electrons. The van der Waals surface area contributed by atoms with Crippen molar-refractivity contribution in [1.82, 2.24) is 10.2 Å². The Balaban J connectivity index is 2.12. The van der Waals surface area contributed by atoms with Crippen LogP contribution >= 0.6 is 22.9 Å². The van der Waals surface area contributed by atoms with E-state index in [1.54, 1.807) is 17.9 Å². The first-order chi connectivity index (χ1) is 7.58. The fourth-order valence-corrected chi connectivity index (χ4v) is 2.69. The predicted molar refractivity (Wildman–Crippen MR) is 62.4 cm³/mol. The van der Waals surface area contributed by atoms with Crippen LogP contribution in [0.1, 0.15) is 11.8 Å². The molecule has 1 saturated heterocycles. The molecule has 1 aliphatic heterocycles. The molecule has 1 aliphatic rings. The van der Waals surface area contributed by atoms with Crippen molar-refractivity contribution in [3.05, 3.63) is 21.3 Å². The topological polar surface area (TPSA) is 49.4 Å². The van der Waals surface area contributed by atoms with Gasteiger partial charge < -0.3 is 10.2 Å². The molecule has 4 nitrogen and oxygen atoms in total. The Labute approximate surface area is 102 Å². The highest BCUT2D eigenvalue weighted by atomic mass is 35.5. The van der Waals surface area contributed by atoms with Gasteiger partial charge >= 0.3 is 0 Å². The van der Waals surface area contributed by atoms with Gasteiger partial charge in [-0.1, -0.05) is 11.6 Å². The van der Waals surface area contributed by atoms with E-state index in [1.807, 2.05) is 6.07 Å². The van der Waals surface area contributed by atoms with Crippen molar-refractivity contribution < 1.29 is 9.59 Å². The first-order valence-corrected chi connectivity index (χ1v) is 6.09. The van der Waals surface area contributed by atoms with Gasteiger partial charge in [-0.15, -0.1) is 11.3 Å². The summed E-state index contributed by atoms with van der Waals surface area (Å²) in [6, 6.07) is 3.25. The Hall–Kier alpha value is -1.07. The van der Waals surface area contributed by atoms with E-state index in [2.05, 4.69) is 5.32 Å². The third-order valence-corrected chi connectivity index (χ3v) is 3.75. The van der Waals surface area contributed by atoms with Gasteiger partial charge in [-0.25, -0.2) is 0 Å². The van der Waals surface area contributed by atoms with Gasteiger partial charge in [0.25, 0.3) is 0 Å². The van der Waals surface area contributed by atoms with Crippen molar-refractivity contribution in [2.24, 2.45) is 0 Å². The molecule has 0 spiro atoms. The number of hydrogen-bond acceptors (Lipinski definition) is 3. The molecule has 0 aromatic carbocycles. The number of carbonyl (C=O) groups is 2. The summed E-state index contributed by atoms with van der Waals surface area (Å²) in [6.45, 7) is 2.26. The summed E-state index contributed by atoms with van der Waals surface area (Å²) in [5, 5.41) is 2.55. The van der Waals surface area contributed by atoms with Gasteiger partial charge in [0.05, 0.1) is 17.4 Å². The molecule has 6 heteroatoms. The number of hydrogen-bond donors (Lipinski definition) is 1. The van der Waals surface area contributed by atoms with Crippen LogP contribution in [0.15, 0.2) is 12.1 Å². The molecule has 16 heavy (non-hydrogen) atoms. The molecular formula is C10H11ClN2O2S. The summed E-state index contributed by atoms with van der Waals surface area (Å²) < 4.78 is 0.691. The van der Waals surface area contributed by atoms with E-state index in [0.717, 1.165) is 4.88 Å². The second-order valence-corrected chi connectivity index (χ2v) is 5.42. The van der Waals surface area contributed by atoms with Gasteiger partial charge in [-0.05, 0) is 19.1 Å². The van der Waals surface area contributed by atoms with Gasteiger partial charge in [0, 0.05) is 4.88 Å². The first-order valence-electron chi connectivity index (χ1n) is 4.89. The monoisotopic (exact) mass is 258 g/mol. The highest BCUT2D eigenvalue weighted by Crippen LogP contribution is 2.23. The Kier molecular flexibility index (Phi) is 3.16. The molecule has 1 fully saturated rings. The third kappa shape index (κ3) is 2.20. The van der Waals surface area contributed by atoms with Crippen molar-refractivity contribution in [2.45, 2.75) is 19.5 Å². The number of nitrogens with zero attached hydrogens (tertiary/aromatic N) is 1. The molecule has 0 bridgehead atoms. The molecule has 1 aromatic rings. The molecule has 1 N–H and O–H groups in total. The molecule has 1 unspecified atom stereocenters. The van der Waals surface area contributed by atoms with Gasteiger partial charge in [-0.2, -0.15) is 0 Å². The van der Waals surface area contributed by atoms with Crippen LogP contribution in [0.3, 0.4) is 0 Å². The number of amides is 2. The summed E-state index contributed by atoms with van der Waals surface area (Å²) in [5.41, 5.74) is 0. The summed E-state index contributed by atoms with van der Waals surface area (Å²) in [7, 11) is 0. The quantitative estimate of drug-likeness (QED) is 0.868. The number of carbonyl (C=O) groups excluding carboxylic acids is 2. The molecule has 0 saturated carbocycles. The summed E-state index contributed by atoms with van der Waals surface area (Å²) in [4.78, 5) is 25.6. The lowest BCUT2D eigenvalue weighted by molar-refractivity contribution is -0.145. The largest absolute Gasteiger partial charge is 0.345 e. The highest BCUT2D eigenvalue weighted by Gasteiger charge is 2.30. The van der Waals surface area contributed by atoms with E-state index in [9.17, 15) is 9.59 Å². The number of halogens is 1. The van der Waals surface area contributed by atoms with Crippen LogP contribution in [0.2, 0.25) is 4.34 Å². The van der Waals surface area contributed by atoms with Crippen LogP contribution in [-0.4, -0.2) is 29.3 Å². The van der Waals surface area contributed by atoms with Gasteiger partial charge in [0.2, 0.25) is 11.8 Å². The van der Waals surface area contributed by atoms with E-state index in [-0.39, 0.29) is 18.4 Å². The minimum absolute atomic E-state index is 0.0587. The summed E-state index contributed by atoms with van der Waals surface area (Å²) >= 11 is 7.24. The van der Waals surface area contributed by atoms with E-state index >= 15 is 0 Å². The summed E-state index contributed by atoms with van der Waals surface area (Å²) in [6.07, 6.45) is 0. The Morgan fingerprint density at radius 2 is 2.31 bits per heavy atom. The minimum Gasteiger partial charge on any atom is -0.345 e. The molecule has 2 heterocycles. The zero-order valence-corrected chi connectivity index (χ0v) is 10.3. The van der Waals surface area contributed by atoms with E-state index in [0.29, 0.717) is 10.9 Å². The molecular weight excluding hydrogens is 248 g/mol. The molecule has 2 amide bonds. The standard InChI is InChI=1S/C10H11ClN2O2S/c1-6-10(15)12-4-9(14)13(6)5-7-2-3-8(11)16-7/h2-3,6H,4-5H2,1H3,(H,12,15). The molecule has 1 atom stereocenters. The van der Waals surface area contributed by atoms with Gasteiger partial charge in [0.15, 0.2) is 0 Å². The van der Waals surface area contributed by atoms with E-state index in [4.69, 9.17) is 11.6 Å². The van der Waals surface area contributed by atoms with E-state index < -0.39 is 6.04 Å². The maximum atomic E-state index is 11.6. The van der Waals surface area contributed by atoms with Gasteiger partial charge in [-0.3, -0.25) is 9.59 Å². The van der Waals surface area contributed by atoms with Crippen molar-refractivity contribution in [3.8, 4) is 0 Å². The highest BCUT2D eigenvalue weighted by molar-refractivity contribution is 7.16. The molecule has 0 aliphatic carbocycles. The minimum atomic E-state index is -0.415. The third-order valence-electron chi connectivity index (χ3n) is 2.54. The normalized spacial score (nSPS) is 21.1. The SMILES string of the molecule is CC1C(=O)NCC(=O)N1Cc1ccc(Cl)s1. The fraction of sp³-hybridized carbons (Fsp3) is 0.400. The van der Waals surface area contributed by atoms with Crippen molar-refractivity contribution in [3.63, 3.8) is 0 Å². The summed E-state index contributed by atoms with van der Waals surface area (Å²) in [5.74, 6) is -0.168. The predicted octanol–water partition coefficient (Wildman–Crippen LogP) is 1.25. The van der Waals surface area contributed by atoms with Crippen molar-refractivity contribution in [2.75, 3.05) is 6.54 Å². The van der Waals surface area contributed by atoms with E-state index in [1.165, 1.54) is 11.3 Å². The van der Waals surface area contributed by atoms with Crippen LogP contribution < -0.4 is 5.32 Å². The van der Waals surface area contributed by atoms with Crippen LogP contribution in [-0.2, 0) is 16.1 Å². The zero-order valence-electron chi connectivity index (χ0n) is 8.70. The maximum Gasteiger partial charge on any atom is 0.242 e. The average Bonchev–Trinajstić information content (AvgIpc) is 2.65. The van der Waals surface area contributed by atoms with Crippen LogP contribution in [0.5, 0.6) is 0 Å². The molecule has 86 valence electrons. The number of piperazine rings is 1. The number of rotatable bonds is 2. The molecule has 2 rings (SSSR count). The van der Waals surface area contributed by atoms with Crippen molar-refractivity contribution >= 4 is 34.8 Å². The second kappa shape index (κ2) is 4.43.